The van der Waals surface area contributed by atoms with E-state index in [-0.39, 0.29) is 18.7 Å². The molecule has 1 aromatic rings. The van der Waals surface area contributed by atoms with Gasteiger partial charge >= 0.3 is 6.09 Å². The van der Waals surface area contributed by atoms with Gasteiger partial charge < -0.3 is 25.2 Å². The third kappa shape index (κ3) is 6.44. The van der Waals surface area contributed by atoms with Gasteiger partial charge in [-0.05, 0) is 68.1 Å². The van der Waals surface area contributed by atoms with Crippen LogP contribution >= 0.6 is 7.37 Å². The number of rotatable bonds is 9. The van der Waals surface area contributed by atoms with E-state index in [0.717, 1.165) is 25.7 Å². The number of nitrogens with one attached hydrogen (secondary N) is 2. The minimum Gasteiger partial charge on any atom is -0.446 e. The van der Waals surface area contributed by atoms with Crippen LogP contribution in [0.1, 0.15) is 71.3 Å². The van der Waals surface area contributed by atoms with Gasteiger partial charge in [0.2, 0.25) is 19.2 Å². The van der Waals surface area contributed by atoms with E-state index in [1.165, 1.54) is 29.2 Å². The van der Waals surface area contributed by atoms with Gasteiger partial charge in [0, 0.05) is 12.5 Å². The zero-order valence-electron chi connectivity index (χ0n) is 23.5. The molecule has 9 nitrogen and oxygen atoms in total. The first-order valence-electron chi connectivity index (χ1n) is 14.1. The maximum atomic E-state index is 13.8. The van der Waals surface area contributed by atoms with E-state index in [2.05, 4.69) is 17.2 Å². The summed E-state index contributed by atoms with van der Waals surface area (Å²) < 4.78 is 32.5. The van der Waals surface area contributed by atoms with Crippen molar-refractivity contribution < 1.29 is 33.0 Å². The highest BCUT2D eigenvalue weighted by atomic mass is 31.2. The molecule has 5 atom stereocenters. The number of carbonyl (C=O) groups is 3. The third-order valence-corrected chi connectivity index (χ3v) is 11.0. The summed E-state index contributed by atoms with van der Waals surface area (Å²) in [4.78, 5) is 52.7. The molecule has 3 fully saturated rings. The van der Waals surface area contributed by atoms with E-state index in [0.29, 0.717) is 24.9 Å². The van der Waals surface area contributed by atoms with Crippen molar-refractivity contribution >= 4 is 25.3 Å². The van der Waals surface area contributed by atoms with Crippen LogP contribution in [0.2, 0.25) is 0 Å². The number of benzene rings is 1. The first kappa shape index (κ1) is 30.3. The molecule has 0 radical (unpaired) electrons. The summed E-state index contributed by atoms with van der Waals surface area (Å²) in [7, 11) is -4.01. The second-order valence-corrected chi connectivity index (χ2v) is 14.9. The van der Waals surface area contributed by atoms with Gasteiger partial charge in [0.1, 0.15) is 29.3 Å². The van der Waals surface area contributed by atoms with Crippen molar-refractivity contribution in [2.45, 2.75) is 95.3 Å². The Balaban J connectivity index is 1.48. The maximum Gasteiger partial charge on any atom is 0.408 e. The van der Waals surface area contributed by atoms with Crippen LogP contribution in [0.15, 0.2) is 36.9 Å². The van der Waals surface area contributed by atoms with Crippen molar-refractivity contribution in [2.75, 3.05) is 6.54 Å². The third-order valence-electron chi connectivity index (χ3n) is 8.33. The number of likely N-dealkylation sites (tertiary alicyclic amines) is 1. The van der Waals surface area contributed by atoms with Crippen LogP contribution in [0.5, 0.6) is 0 Å². The summed E-state index contributed by atoms with van der Waals surface area (Å²) in [6.07, 6.45) is 5.36. The van der Waals surface area contributed by atoms with Crippen molar-refractivity contribution in [2.24, 2.45) is 11.3 Å². The second kappa shape index (κ2) is 11.6. The molecule has 0 bridgehead atoms. The topological polar surface area (TPSA) is 125 Å². The molecular formula is C29H41FN3O6P. The lowest BCUT2D eigenvalue weighted by molar-refractivity contribution is -0.142. The van der Waals surface area contributed by atoms with Crippen LogP contribution in [-0.4, -0.2) is 57.7 Å². The summed E-state index contributed by atoms with van der Waals surface area (Å²) in [6, 6.07) is 3.58. The van der Waals surface area contributed by atoms with Gasteiger partial charge in [-0.3, -0.25) is 14.2 Å². The van der Waals surface area contributed by atoms with Crippen molar-refractivity contribution in [3.8, 4) is 0 Å². The van der Waals surface area contributed by atoms with Crippen LogP contribution in [0.4, 0.5) is 9.18 Å². The highest BCUT2D eigenvalue weighted by Crippen LogP contribution is 2.70. The lowest BCUT2D eigenvalue weighted by Gasteiger charge is -2.36. The fraction of sp³-hybridized carbons (Fsp3) is 0.621. The largest absolute Gasteiger partial charge is 0.446 e. The smallest absolute Gasteiger partial charge is 0.408 e. The fourth-order valence-corrected chi connectivity index (χ4v) is 8.27. The van der Waals surface area contributed by atoms with Gasteiger partial charge in [-0.1, -0.05) is 39.0 Å². The monoisotopic (exact) mass is 577 g/mol. The van der Waals surface area contributed by atoms with Gasteiger partial charge in [0.05, 0.1) is 6.16 Å². The number of amides is 3. The fourth-order valence-electron chi connectivity index (χ4n) is 5.89. The Kier molecular flexibility index (Phi) is 8.81. The van der Waals surface area contributed by atoms with Crippen LogP contribution in [-0.2, 0) is 25.1 Å². The molecule has 4 rings (SSSR count). The van der Waals surface area contributed by atoms with Gasteiger partial charge in [-0.2, -0.15) is 0 Å². The Morgan fingerprint density at radius 2 is 1.85 bits per heavy atom. The number of nitrogens with zero attached hydrogens (tertiary/aromatic N) is 1. The summed E-state index contributed by atoms with van der Waals surface area (Å²) in [5.41, 5.74) is -0.173. The van der Waals surface area contributed by atoms with E-state index in [9.17, 15) is 28.2 Å². The number of carbonyl (C=O) groups excluding carboxylic acids is 3. The molecule has 1 unspecified atom stereocenters. The summed E-state index contributed by atoms with van der Waals surface area (Å²) in [5.74, 6) is -1.76. The van der Waals surface area contributed by atoms with Crippen molar-refractivity contribution in [3.63, 3.8) is 0 Å². The second-order valence-electron chi connectivity index (χ2n) is 12.4. The standard InChI is InChI=1S/C29H41FN3O6P/c1-5-20-17-29(20,40(37,38)18-19-12-14-21(30)15-13-19)32-25(34)23-11-8-16-33(23)26(35)24(28(2,3)4)31-27(36)39-22-9-6-7-10-22/h5,12-15,20,22-24H,1,6-11,16-18H2,2-4H3,(H,31,36)(H,32,34)(H,37,38)/t20-,23+,24-,29+/m1/s1. The molecule has 11 heteroatoms. The average Bonchev–Trinajstić information content (AvgIpc) is 3.21. The lowest BCUT2D eigenvalue weighted by atomic mass is 9.85. The normalized spacial score (nSPS) is 27.0. The highest BCUT2D eigenvalue weighted by molar-refractivity contribution is 7.59. The minimum atomic E-state index is -4.01. The lowest BCUT2D eigenvalue weighted by Crippen LogP contribution is -2.58. The van der Waals surface area contributed by atoms with Gasteiger partial charge in [-0.25, -0.2) is 9.18 Å². The Morgan fingerprint density at radius 1 is 1.20 bits per heavy atom. The first-order chi connectivity index (χ1) is 18.8. The van der Waals surface area contributed by atoms with Crippen LogP contribution in [0, 0.1) is 17.2 Å². The Labute approximate surface area is 235 Å². The minimum absolute atomic E-state index is 0.155. The molecule has 1 aliphatic heterocycles. The predicted molar refractivity (Wildman–Crippen MR) is 149 cm³/mol. The van der Waals surface area contributed by atoms with Crippen LogP contribution in [0.3, 0.4) is 0 Å². The molecular weight excluding hydrogens is 536 g/mol. The van der Waals surface area contributed by atoms with Crippen LogP contribution < -0.4 is 10.6 Å². The number of halogens is 1. The molecule has 1 aromatic carbocycles. The molecule has 0 spiro atoms. The predicted octanol–water partition coefficient (Wildman–Crippen LogP) is 4.69. The van der Waals surface area contributed by atoms with Gasteiger partial charge in [-0.15, -0.1) is 6.58 Å². The zero-order chi connectivity index (χ0) is 29.3. The number of alkyl carbamates (subject to hydrolysis) is 1. The van der Waals surface area contributed by atoms with Crippen molar-refractivity contribution in [1.82, 2.24) is 15.5 Å². The zero-order valence-corrected chi connectivity index (χ0v) is 24.4. The summed E-state index contributed by atoms with van der Waals surface area (Å²) >= 11 is 0. The molecule has 0 aromatic heterocycles. The molecule has 3 amide bonds. The van der Waals surface area contributed by atoms with E-state index in [1.807, 2.05) is 20.8 Å². The van der Waals surface area contributed by atoms with Gasteiger partial charge in [0.25, 0.3) is 0 Å². The summed E-state index contributed by atoms with van der Waals surface area (Å²) in [6.45, 7) is 9.59. The van der Waals surface area contributed by atoms with E-state index >= 15 is 0 Å². The number of ether oxygens (including phenoxy) is 1. The number of hydrogen-bond donors (Lipinski definition) is 3. The Morgan fingerprint density at radius 3 is 2.42 bits per heavy atom. The quantitative estimate of drug-likeness (QED) is 0.289. The number of hydrogen-bond acceptors (Lipinski definition) is 5. The van der Waals surface area contributed by atoms with Crippen LogP contribution in [0.25, 0.3) is 0 Å². The van der Waals surface area contributed by atoms with Gasteiger partial charge in [0.15, 0.2) is 0 Å². The van der Waals surface area contributed by atoms with Crippen molar-refractivity contribution in [3.05, 3.63) is 48.3 Å². The van der Waals surface area contributed by atoms with Crippen molar-refractivity contribution in [1.29, 1.82) is 0 Å². The SMILES string of the molecule is C=C[C@@H]1C[C@]1(NC(=O)[C@@H]1CCCN1C(=O)[C@@H](NC(=O)OC1CCCC1)C(C)(C)C)P(=O)(O)Cc1ccc(F)cc1. The average molecular weight is 578 g/mol. The molecule has 1 saturated heterocycles. The van der Waals surface area contributed by atoms with E-state index in [4.69, 9.17) is 4.74 Å². The highest BCUT2D eigenvalue weighted by Gasteiger charge is 2.65. The Bertz CT molecular complexity index is 1180. The van der Waals surface area contributed by atoms with E-state index < -0.39 is 59.8 Å². The Hall–Kier alpha value is -2.71. The summed E-state index contributed by atoms with van der Waals surface area (Å²) in [5, 5.41) is 4.18. The first-order valence-corrected chi connectivity index (χ1v) is 15.9. The molecule has 3 aliphatic rings. The van der Waals surface area contributed by atoms with E-state index in [1.54, 1.807) is 6.08 Å². The molecule has 1 heterocycles. The molecule has 220 valence electrons. The molecule has 40 heavy (non-hydrogen) atoms. The molecule has 2 aliphatic carbocycles. The molecule has 2 saturated carbocycles. The maximum absolute atomic E-state index is 13.8. The molecule has 3 N–H and O–H groups in total.